The van der Waals surface area contributed by atoms with Crippen LogP contribution in [0.4, 0.5) is 0 Å². The molecule has 1 fully saturated rings. The summed E-state index contributed by atoms with van der Waals surface area (Å²) in [5.41, 5.74) is -0.0513. The SMILES string of the molecule is CCC(=O)N1CCC(NC(=NC)NCc2ncc(C(C)(C)C)o2)C1. The second kappa shape index (κ2) is 7.68. The number of likely N-dealkylation sites (tertiary alicyclic amines) is 1. The van der Waals surface area contributed by atoms with Crippen LogP contribution >= 0.6 is 0 Å². The molecule has 0 aliphatic carbocycles. The Morgan fingerprint density at radius 3 is 2.83 bits per heavy atom. The summed E-state index contributed by atoms with van der Waals surface area (Å²) in [7, 11) is 1.73. The van der Waals surface area contributed by atoms with Gasteiger partial charge >= 0.3 is 0 Å². The maximum Gasteiger partial charge on any atom is 0.222 e. The van der Waals surface area contributed by atoms with Crippen LogP contribution in [0.3, 0.4) is 0 Å². The zero-order valence-electron chi connectivity index (χ0n) is 15.3. The van der Waals surface area contributed by atoms with Gasteiger partial charge in [-0.3, -0.25) is 9.79 Å². The first-order valence-electron chi connectivity index (χ1n) is 8.53. The maximum absolute atomic E-state index is 11.7. The summed E-state index contributed by atoms with van der Waals surface area (Å²) in [6.07, 6.45) is 3.26. The van der Waals surface area contributed by atoms with Crippen molar-refractivity contribution in [3.05, 3.63) is 17.8 Å². The zero-order valence-corrected chi connectivity index (χ0v) is 15.3. The van der Waals surface area contributed by atoms with Gasteiger partial charge in [-0.2, -0.15) is 0 Å². The van der Waals surface area contributed by atoms with E-state index in [1.54, 1.807) is 13.2 Å². The number of hydrogen-bond acceptors (Lipinski definition) is 4. The minimum Gasteiger partial charge on any atom is -0.443 e. The zero-order chi connectivity index (χ0) is 17.7. The van der Waals surface area contributed by atoms with Crippen LogP contribution in [0.5, 0.6) is 0 Å². The van der Waals surface area contributed by atoms with Crippen LogP contribution in [-0.2, 0) is 16.8 Å². The minimum absolute atomic E-state index is 0.0513. The van der Waals surface area contributed by atoms with Gasteiger partial charge in [-0.05, 0) is 6.42 Å². The molecular weight excluding hydrogens is 306 g/mol. The fourth-order valence-corrected chi connectivity index (χ4v) is 2.61. The molecule has 0 spiro atoms. The summed E-state index contributed by atoms with van der Waals surface area (Å²) in [5.74, 6) is 2.40. The van der Waals surface area contributed by atoms with Gasteiger partial charge in [0.1, 0.15) is 5.76 Å². The molecule has 0 aromatic carbocycles. The van der Waals surface area contributed by atoms with Gasteiger partial charge in [0.2, 0.25) is 11.8 Å². The van der Waals surface area contributed by atoms with Gasteiger partial charge < -0.3 is 20.0 Å². The lowest BCUT2D eigenvalue weighted by molar-refractivity contribution is -0.129. The maximum atomic E-state index is 11.7. The van der Waals surface area contributed by atoms with Gasteiger partial charge in [-0.15, -0.1) is 0 Å². The van der Waals surface area contributed by atoms with E-state index in [0.29, 0.717) is 24.8 Å². The van der Waals surface area contributed by atoms with Crippen molar-refractivity contribution in [1.29, 1.82) is 0 Å². The average Bonchev–Trinajstić information content (AvgIpc) is 3.19. The number of oxazole rings is 1. The summed E-state index contributed by atoms with van der Waals surface area (Å²) < 4.78 is 5.77. The van der Waals surface area contributed by atoms with Gasteiger partial charge in [0.15, 0.2) is 5.96 Å². The molecule has 1 unspecified atom stereocenters. The number of nitrogens with zero attached hydrogens (tertiary/aromatic N) is 3. The van der Waals surface area contributed by atoms with E-state index in [4.69, 9.17) is 4.42 Å². The largest absolute Gasteiger partial charge is 0.443 e. The number of guanidine groups is 1. The van der Waals surface area contributed by atoms with Crippen LogP contribution in [0.1, 0.15) is 52.2 Å². The highest BCUT2D eigenvalue weighted by Crippen LogP contribution is 2.22. The third-order valence-electron chi connectivity index (χ3n) is 4.11. The second-order valence-corrected chi connectivity index (χ2v) is 7.12. The van der Waals surface area contributed by atoms with Crippen molar-refractivity contribution in [3.63, 3.8) is 0 Å². The van der Waals surface area contributed by atoms with Gasteiger partial charge in [-0.1, -0.05) is 27.7 Å². The highest BCUT2D eigenvalue weighted by atomic mass is 16.4. The molecule has 1 aromatic heterocycles. The predicted molar refractivity (Wildman–Crippen MR) is 93.8 cm³/mol. The van der Waals surface area contributed by atoms with E-state index in [1.807, 2.05) is 11.8 Å². The van der Waals surface area contributed by atoms with Gasteiger partial charge in [0.25, 0.3) is 0 Å². The first-order chi connectivity index (χ1) is 11.3. The molecular formula is C17H29N5O2. The van der Waals surface area contributed by atoms with Crippen molar-refractivity contribution in [3.8, 4) is 0 Å². The van der Waals surface area contributed by atoms with Gasteiger partial charge in [0, 0.05) is 38.0 Å². The van der Waals surface area contributed by atoms with Crippen molar-refractivity contribution >= 4 is 11.9 Å². The van der Waals surface area contributed by atoms with E-state index < -0.39 is 0 Å². The number of aliphatic imine (C=N–C) groups is 1. The van der Waals surface area contributed by atoms with Gasteiger partial charge in [-0.25, -0.2) is 4.98 Å². The van der Waals surface area contributed by atoms with E-state index in [1.165, 1.54) is 0 Å². The number of hydrogen-bond donors (Lipinski definition) is 2. The number of nitrogens with one attached hydrogen (secondary N) is 2. The fraction of sp³-hybridized carbons (Fsp3) is 0.706. The number of amides is 1. The molecule has 134 valence electrons. The Morgan fingerprint density at radius 2 is 2.25 bits per heavy atom. The van der Waals surface area contributed by atoms with Crippen LogP contribution in [0.25, 0.3) is 0 Å². The Kier molecular flexibility index (Phi) is 5.85. The van der Waals surface area contributed by atoms with Crippen molar-refractivity contribution < 1.29 is 9.21 Å². The fourth-order valence-electron chi connectivity index (χ4n) is 2.61. The van der Waals surface area contributed by atoms with E-state index in [-0.39, 0.29) is 17.4 Å². The van der Waals surface area contributed by atoms with Crippen molar-refractivity contribution in [2.24, 2.45) is 4.99 Å². The molecule has 0 saturated carbocycles. The lowest BCUT2D eigenvalue weighted by Gasteiger charge is -2.18. The van der Waals surface area contributed by atoms with Crippen LogP contribution in [0.15, 0.2) is 15.6 Å². The van der Waals surface area contributed by atoms with E-state index in [0.717, 1.165) is 25.3 Å². The molecule has 1 aromatic rings. The molecule has 1 atom stereocenters. The van der Waals surface area contributed by atoms with Crippen LogP contribution in [-0.4, -0.2) is 47.9 Å². The first-order valence-corrected chi connectivity index (χ1v) is 8.53. The summed E-state index contributed by atoms with van der Waals surface area (Å²) in [5, 5.41) is 6.57. The molecule has 1 aliphatic rings. The van der Waals surface area contributed by atoms with Crippen LogP contribution in [0, 0.1) is 0 Å². The van der Waals surface area contributed by atoms with Crippen LogP contribution in [0.2, 0.25) is 0 Å². The number of rotatable bonds is 4. The average molecular weight is 335 g/mol. The van der Waals surface area contributed by atoms with Crippen molar-refractivity contribution in [2.75, 3.05) is 20.1 Å². The van der Waals surface area contributed by atoms with E-state index in [9.17, 15) is 4.79 Å². The summed E-state index contributed by atoms with van der Waals surface area (Å²) in [6, 6.07) is 0.224. The van der Waals surface area contributed by atoms with E-state index >= 15 is 0 Å². The smallest absolute Gasteiger partial charge is 0.222 e. The number of aromatic nitrogens is 1. The Bertz CT molecular complexity index is 588. The Morgan fingerprint density at radius 1 is 1.50 bits per heavy atom. The second-order valence-electron chi connectivity index (χ2n) is 7.12. The molecule has 1 amide bonds. The quantitative estimate of drug-likeness (QED) is 0.646. The highest BCUT2D eigenvalue weighted by Gasteiger charge is 2.26. The topological polar surface area (TPSA) is 82.8 Å². The molecule has 0 bridgehead atoms. The molecule has 2 heterocycles. The molecule has 2 N–H and O–H groups in total. The minimum atomic E-state index is -0.0513. The molecule has 7 heteroatoms. The Hall–Kier alpha value is -2.05. The Balaban J connectivity index is 1.83. The Labute approximate surface area is 143 Å². The van der Waals surface area contributed by atoms with Crippen molar-refractivity contribution in [2.45, 2.75) is 58.5 Å². The monoisotopic (exact) mass is 335 g/mol. The summed E-state index contributed by atoms with van der Waals surface area (Å²) >= 11 is 0. The first kappa shape index (κ1) is 18.3. The molecule has 24 heavy (non-hydrogen) atoms. The van der Waals surface area contributed by atoms with Gasteiger partial charge in [0.05, 0.1) is 12.7 Å². The third-order valence-corrected chi connectivity index (χ3v) is 4.11. The predicted octanol–water partition coefficient (Wildman–Crippen LogP) is 1.65. The lowest BCUT2D eigenvalue weighted by atomic mass is 9.94. The molecule has 1 saturated heterocycles. The normalized spacial score (nSPS) is 18.8. The van der Waals surface area contributed by atoms with E-state index in [2.05, 4.69) is 41.4 Å². The lowest BCUT2D eigenvalue weighted by Crippen LogP contribution is -2.44. The molecule has 2 rings (SSSR count). The molecule has 0 radical (unpaired) electrons. The van der Waals surface area contributed by atoms with Crippen LogP contribution < -0.4 is 10.6 Å². The number of carbonyl (C=O) groups is 1. The summed E-state index contributed by atoms with van der Waals surface area (Å²) in [4.78, 5) is 22.2. The third kappa shape index (κ3) is 4.72. The molecule has 7 nitrogen and oxygen atoms in total. The summed E-state index contributed by atoms with van der Waals surface area (Å²) in [6.45, 7) is 10.2. The number of carbonyl (C=O) groups excluding carboxylic acids is 1. The van der Waals surface area contributed by atoms with Crippen molar-refractivity contribution in [1.82, 2.24) is 20.5 Å². The highest BCUT2D eigenvalue weighted by molar-refractivity contribution is 5.80. The molecule has 1 aliphatic heterocycles. The standard InChI is InChI=1S/C17H29N5O2/c1-6-15(23)22-8-7-12(11-22)21-16(18-5)20-10-14-19-9-13(24-14)17(2,3)4/h9,12H,6-8,10-11H2,1-5H3,(H2,18,20,21).